The molecule has 0 radical (unpaired) electrons. The van der Waals surface area contributed by atoms with Crippen LogP contribution in [0.4, 0.5) is 0 Å². The van der Waals surface area contributed by atoms with E-state index in [-0.39, 0.29) is 0 Å². The van der Waals surface area contributed by atoms with Crippen molar-refractivity contribution in [3.05, 3.63) is 165 Å². The van der Waals surface area contributed by atoms with Crippen molar-refractivity contribution in [2.45, 2.75) is 72.6 Å². The molecular formula is C61H53Br2N3O2S3Sn. The first kappa shape index (κ1) is 49.3. The van der Waals surface area contributed by atoms with Crippen molar-refractivity contribution in [3.8, 4) is 21.1 Å². The Morgan fingerprint density at radius 2 is 0.750 bits per heavy atom. The standard InChI is InChI=1S/C26H14N2OS2.C20H10Br2O.3C4H9.C3H2NS.Sn/c1-3-7-17-15(5-1)19(25-27-9-11-30-25)13-21-23(17)24-18-8-4-2-6-16(18)20(14-22(24)29-21)26-28-10-12-31-26;21-15-9-17-19(13-7-3-1-5-11(13)15)20-14-8-4-2-6-12(14)16(22)10-18(20)23-17;3*1-3-4-2;1-2-5-3-4-1;/h1-14H;1-10H;3*1,3-4H2,2H3;1-2H;. The van der Waals surface area contributed by atoms with Crippen LogP contribution in [0, 0.1) is 0 Å². The van der Waals surface area contributed by atoms with Crippen molar-refractivity contribution in [2.24, 2.45) is 0 Å². The third kappa shape index (κ3) is 9.34. The van der Waals surface area contributed by atoms with Gasteiger partial charge in [0.05, 0.1) is 0 Å². The summed E-state index contributed by atoms with van der Waals surface area (Å²) < 4.78 is 21.0. The summed E-state index contributed by atoms with van der Waals surface area (Å²) in [4.78, 5) is 13.9. The molecular weight excluding hydrogens is 1180 g/mol. The molecule has 360 valence electrons. The van der Waals surface area contributed by atoms with E-state index in [1.807, 2.05) is 40.7 Å². The molecule has 0 aliphatic heterocycles. The van der Waals surface area contributed by atoms with Gasteiger partial charge in [-0.3, -0.25) is 0 Å². The number of furan rings is 2. The van der Waals surface area contributed by atoms with Crippen molar-refractivity contribution in [3.63, 3.8) is 0 Å². The molecule has 5 heterocycles. The second kappa shape index (κ2) is 21.9. The number of nitrogens with zero attached hydrogens (tertiary/aromatic N) is 3. The fourth-order valence-electron chi connectivity index (χ4n) is 10.7. The maximum atomic E-state index is 6.50. The summed E-state index contributed by atoms with van der Waals surface area (Å²) in [6.45, 7) is 6.99. The van der Waals surface area contributed by atoms with Gasteiger partial charge in [0.2, 0.25) is 0 Å². The van der Waals surface area contributed by atoms with Crippen molar-refractivity contribution in [2.75, 3.05) is 0 Å². The number of hydrogen-bond acceptors (Lipinski definition) is 8. The van der Waals surface area contributed by atoms with Crippen molar-refractivity contribution >= 4 is 174 Å². The topological polar surface area (TPSA) is 65.0 Å². The van der Waals surface area contributed by atoms with Gasteiger partial charge in [-0.15, -0.1) is 22.7 Å². The Balaban J connectivity index is 0.000000122. The van der Waals surface area contributed by atoms with E-state index in [0.717, 1.165) is 63.2 Å². The van der Waals surface area contributed by atoms with E-state index in [1.165, 1.54) is 92.4 Å². The van der Waals surface area contributed by atoms with Crippen LogP contribution in [-0.4, -0.2) is 33.3 Å². The zero-order valence-corrected chi connectivity index (χ0v) is 49.0. The first-order valence-corrected chi connectivity index (χ1v) is 36.7. The first-order chi connectivity index (χ1) is 35.4. The van der Waals surface area contributed by atoms with Gasteiger partial charge in [0, 0.05) is 64.8 Å². The molecule has 0 saturated heterocycles. The maximum Gasteiger partial charge on any atom is 0.136 e. The molecule has 5 aromatic heterocycles. The minimum absolute atomic E-state index is 0.889. The van der Waals surface area contributed by atoms with Crippen molar-refractivity contribution in [1.29, 1.82) is 0 Å². The molecule has 8 aromatic carbocycles. The molecule has 0 atom stereocenters. The van der Waals surface area contributed by atoms with Crippen LogP contribution in [-0.2, 0) is 0 Å². The maximum absolute atomic E-state index is 6.50. The summed E-state index contributed by atoms with van der Waals surface area (Å²) in [5.74, 6) is 0. The molecule has 0 N–H and O–H groups in total. The quantitative estimate of drug-likeness (QED) is 0.114. The van der Waals surface area contributed by atoms with Gasteiger partial charge in [-0.1, -0.05) is 129 Å². The summed E-state index contributed by atoms with van der Waals surface area (Å²) in [7, 11) is 0. The van der Waals surface area contributed by atoms with Crippen LogP contribution >= 0.6 is 65.9 Å². The largest absolute Gasteiger partial charge is 0.456 e. The van der Waals surface area contributed by atoms with Gasteiger partial charge in [-0.05, 0) is 67.4 Å². The van der Waals surface area contributed by atoms with Crippen LogP contribution < -0.4 is 3.02 Å². The van der Waals surface area contributed by atoms with Gasteiger partial charge < -0.3 is 8.83 Å². The van der Waals surface area contributed by atoms with Crippen LogP contribution in [0.25, 0.3) is 108 Å². The van der Waals surface area contributed by atoms with Crippen LogP contribution in [0.2, 0.25) is 13.3 Å². The van der Waals surface area contributed by atoms with Gasteiger partial charge in [0.25, 0.3) is 0 Å². The SMILES string of the molecule is Brc1cc2oc3cc(Br)c4ccccc4c3c2c2ccccc12.CCC[CH2][Sn]([CH2]CCC)([CH2]CCC)[c]1nccs1.c1ccc2c(c1)c(-c1nccs1)cc1oc3cc(-c4nccs4)c4ccccc4c3c12. The van der Waals surface area contributed by atoms with Crippen LogP contribution in [0.5, 0.6) is 0 Å². The Bertz CT molecular complexity index is 3750. The smallest absolute Gasteiger partial charge is 0.136 e. The molecule has 5 nitrogen and oxygen atoms in total. The Hall–Kier alpha value is -4.95. The van der Waals surface area contributed by atoms with E-state index in [4.69, 9.17) is 13.8 Å². The molecule has 0 spiro atoms. The summed E-state index contributed by atoms with van der Waals surface area (Å²) >= 11 is 10.5. The van der Waals surface area contributed by atoms with Crippen LogP contribution in [0.15, 0.2) is 174 Å². The van der Waals surface area contributed by atoms with Crippen LogP contribution in [0.3, 0.4) is 0 Å². The van der Waals surface area contributed by atoms with E-state index in [9.17, 15) is 0 Å². The van der Waals surface area contributed by atoms with E-state index in [0.29, 0.717) is 0 Å². The van der Waals surface area contributed by atoms with E-state index < -0.39 is 18.4 Å². The third-order valence-electron chi connectivity index (χ3n) is 14.1. The molecule has 13 aromatic rings. The molecule has 0 unspecified atom stereocenters. The normalized spacial score (nSPS) is 11.9. The number of aromatic nitrogens is 3. The summed E-state index contributed by atoms with van der Waals surface area (Å²) in [6.07, 6.45) is 14.1. The Morgan fingerprint density at radius 3 is 1.10 bits per heavy atom. The molecule has 11 heteroatoms. The molecule has 0 aliphatic carbocycles. The minimum Gasteiger partial charge on any atom is -0.456 e. The average Bonchev–Trinajstić information content (AvgIpc) is 4.30. The number of benzene rings is 8. The number of thiazole rings is 3. The third-order valence-corrected chi connectivity index (χ3v) is 35.7. The molecule has 0 fully saturated rings. The molecule has 0 bridgehead atoms. The van der Waals surface area contributed by atoms with Gasteiger partial charge in [-0.2, -0.15) is 0 Å². The zero-order valence-electron chi connectivity index (χ0n) is 40.5. The number of unbranched alkanes of at least 4 members (excludes halogenated alkanes) is 3. The number of hydrogen-bond donors (Lipinski definition) is 0. The second-order valence-corrected chi connectivity index (χ2v) is 36.9. The van der Waals surface area contributed by atoms with Gasteiger partial charge in [0.1, 0.15) is 32.3 Å². The first-order valence-electron chi connectivity index (χ1n) is 25.0. The fourth-order valence-corrected chi connectivity index (χ4v) is 32.3. The number of rotatable bonds is 12. The molecule has 0 amide bonds. The predicted octanol–water partition coefficient (Wildman–Crippen LogP) is 20.8. The minimum atomic E-state index is -2.12. The Labute approximate surface area is 452 Å². The molecule has 0 saturated carbocycles. The predicted molar refractivity (Wildman–Crippen MR) is 322 cm³/mol. The Kier molecular flexibility index (Phi) is 15.0. The fraction of sp³-hybridized carbons (Fsp3) is 0.197. The van der Waals surface area contributed by atoms with E-state index in [2.05, 4.69) is 189 Å². The van der Waals surface area contributed by atoms with E-state index >= 15 is 0 Å². The zero-order chi connectivity index (χ0) is 49.2. The summed E-state index contributed by atoms with van der Waals surface area (Å²) in [5.41, 5.74) is 5.83. The van der Waals surface area contributed by atoms with Crippen molar-refractivity contribution in [1.82, 2.24) is 15.0 Å². The van der Waals surface area contributed by atoms with Gasteiger partial charge >= 0.3 is 122 Å². The molecule has 72 heavy (non-hydrogen) atoms. The van der Waals surface area contributed by atoms with Gasteiger partial charge in [-0.25, -0.2) is 9.97 Å². The van der Waals surface area contributed by atoms with Crippen LogP contribution in [0.1, 0.15) is 59.3 Å². The van der Waals surface area contributed by atoms with E-state index in [1.54, 1.807) is 39.0 Å². The summed E-state index contributed by atoms with van der Waals surface area (Å²) in [5, 5.41) is 22.5. The van der Waals surface area contributed by atoms with Gasteiger partial charge in [0.15, 0.2) is 0 Å². The monoisotopic (exact) mass is 1230 g/mol. The number of fused-ring (bicyclic) bond motifs is 14. The average molecular weight is 1230 g/mol. The Morgan fingerprint density at radius 1 is 0.417 bits per heavy atom. The molecule has 13 rings (SSSR count). The van der Waals surface area contributed by atoms with Crippen molar-refractivity contribution < 1.29 is 8.83 Å². The number of halogens is 2. The molecule has 0 aliphatic rings. The summed E-state index contributed by atoms with van der Waals surface area (Å²) in [6, 6.07) is 42.4. The second-order valence-electron chi connectivity index (χ2n) is 18.5.